The molecule has 0 atom stereocenters. The van der Waals surface area contributed by atoms with E-state index in [4.69, 9.17) is 18.3 Å². The van der Waals surface area contributed by atoms with Gasteiger partial charge in [-0.2, -0.15) is 0 Å². The van der Waals surface area contributed by atoms with Crippen LogP contribution in [0.3, 0.4) is 0 Å². The van der Waals surface area contributed by atoms with Crippen LogP contribution in [0.5, 0.6) is 11.5 Å². The molecular weight excluding hydrogens is 942 g/mol. The Morgan fingerprint density at radius 3 is 0.853 bits per heavy atom. The van der Waals surface area contributed by atoms with Crippen LogP contribution >= 0.6 is 0 Å². The fourth-order valence-corrected chi connectivity index (χ4v) is 22.6. The van der Waals surface area contributed by atoms with Gasteiger partial charge < -0.3 is 18.3 Å². The summed E-state index contributed by atoms with van der Waals surface area (Å²) in [5.74, 6) is 3.01. The van der Waals surface area contributed by atoms with Crippen LogP contribution in [0.4, 0.5) is 0 Å². The van der Waals surface area contributed by atoms with E-state index < -0.39 is 16.6 Å². The third kappa shape index (κ3) is 20.6. The maximum atomic E-state index is 6.78. The number of rotatable bonds is 37. The van der Waals surface area contributed by atoms with E-state index in [0.29, 0.717) is 33.2 Å². The van der Waals surface area contributed by atoms with Crippen molar-refractivity contribution in [2.24, 2.45) is 0 Å². The van der Waals surface area contributed by atoms with Gasteiger partial charge in [0.05, 0.1) is 24.7 Å². The molecule has 0 bridgehead atoms. The van der Waals surface area contributed by atoms with Gasteiger partial charge in [-0.25, -0.2) is 0 Å². The second-order valence-electron chi connectivity index (χ2n) is 22.2. The molecule has 68 heavy (non-hydrogen) atoms. The summed E-state index contributed by atoms with van der Waals surface area (Å²) in [5.41, 5.74) is 10.1. The van der Waals surface area contributed by atoms with Gasteiger partial charge in [-0.05, 0) is 72.8 Å². The fourth-order valence-electron chi connectivity index (χ4n) is 11.6. The molecule has 3 rings (SSSR count). The van der Waals surface area contributed by atoms with Gasteiger partial charge in [-0.3, -0.25) is 0 Å². The summed E-state index contributed by atoms with van der Waals surface area (Å²) in [6.07, 6.45) is 22.7. The molecular formula is C61H103O4Si2Y-. The molecule has 3 aromatic rings. The Morgan fingerprint density at radius 1 is 0.338 bits per heavy atom. The number of aryl methyl sites for hydroxylation is 2. The first-order valence-electron chi connectivity index (χ1n) is 27.8. The van der Waals surface area contributed by atoms with Gasteiger partial charge in [0.25, 0.3) is 0 Å². The largest absolute Gasteiger partial charge is 0.499 e. The molecule has 0 spiro atoms. The zero-order chi connectivity index (χ0) is 49.2. The van der Waals surface area contributed by atoms with Crippen LogP contribution in [0.25, 0.3) is 0 Å². The molecule has 7 heteroatoms. The van der Waals surface area contributed by atoms with E-state index in [-0.39, 0.29) is 32.7 Å². The normalized spacial score (nSPS) is 12.3. The van der Waals surface area contributed by atoms with Crippen LogP contribution in [-0.4, -0.2) is 43.1 Å². The summed E-state index contributed by atoms with van der Waals surface area (Å²) in [6.45, 7) is 36.3. The monoisotopic (exact) mass is 1040 g/mol. The summed E-state index contributed by atoms with van der Waals surface area (Å²) in [4.78, 5) is 0. The Hall–Kier alpha value is -1.41. The van der Waals surface area contributed by atoms with E-state index in [1.54, 1.807) is 0 Å². The standard InChI is InChI=1S/C61H103O4Si2.Y/c1-48(2)66(49(3)4,50(5)6)64-43-31-27-23-19-15-17-21-25-29-41-62-59-45-58(61(56-37-33-54(13)34-38-56)57-39-35-55(14)36-40-57)46-60(47-59)63-42-30-26-22-18-16-20-24-28-32-44-65-67(51(7)8,52(9)10)53(11)12;/h33-40,45-53H,15-32,41-44H2,1-14H3;/q-1;. The smallest absolute Gasteiger partial charge is 0.200 e. The molecule has 0 aliphatic rings. The van der Waals surface area contributed by atoms with Gasteiger partial charge in [0, 0.05) is 52.0 Å². The predicted octanol–water partition coefficient (Wildman–Crippen LogP) is 19.5. The third-order valence-electron chi connectivity index (χ3n) is 15.1. The summed E-state index contributed by atoms with van der Waals surface area (Å²) in [6, 6.07) is 24.4. The summed E-state index contributed by atoms with van der Waals surface area (Å²) in [7, 11) is -3.47. The van der Waals surface area contributed by atoms with Crippen LogP contribution in [-0.2, 0) is 41.6 Å². The van der Waals surface area contributed by atoms with Crippen LogP contribution < -0.4 is 9.47 Å². The van der Waals surface area contributed by atoms with Crippen LogP contribution in [0.2, 0.25) is 33.2 Å². The summed E-state index contributed by atoms with van der Waals surface area (Å²) >= 11 is 0. The molecule has 0 fully saturated rings. The number of hydrogen-bond donors (Lipinski definition) is 0. The van der Waals surface area contributed by atoms with Gasteiger partial charge in [0.2, 0.25) is 0 Å². The Bertz CT molecular complexity index is 1560. The summed E-state index contributed by atoms with van der Waals surface area (Å²) in [5, 5.41) is 0. The first-order valence-corrected chi connectivity index (χ1v) is 32.0. The predicted molar refractivity (Wildman–Crippen MR) is 297 cm³/mol. The van der Waals surface area contributed by atoms with E-state index in [1.165, 1.54) is 131 Å². The molecule has 0 N–H and O–H groups in total. The number of ether oxygens (including phenoxy) is 2. The minimum Gasteiger partial charge on any atom is -0.499 e. The fraction of sp³-hybridized carbons (Fsp3) is 0.689. The van der Waals surface area contributed by atoms with Gasteiger partial charge in [-0.1, -0.05) is 267 Å². The van der Waals surface area contributed by atoms with Crippen molar-refractivity contribution in [3.63, 3.8) is 0 Å². The Labute approximate surface area is 448 Å². The maximum Gasteiger partial charge on any atom is 0.200 e. The topological polar surface area (TPSA) is 36.9 Å². The van der Waals surface area contributed by atoms with Crippen LogP contribution in [0.1, 0.15) is 226 Å². The van der Waals surface area contributed by atoms with Crippen molar-refractivity contribution in [2.75, 3.05) is 26.4 Å². The second-order valence-corrected chi connectivity index (χ2v) is 33.1. The van der Waals surface area contributed by atoms with Gasteiger partial charge in [0.1, 0.15) is 0 Å². The number of hydrogen-bond acceptors (Lipinski definition) is 4. The minimum absolute atomic E-state index is 0. The summed E-state index contributed by atoms with van der Waals surface area (Å²) < 4.78 is 26.7. The first-order chi connectivity index (χ1) is 32.1. The van der Waals surface area contributed by atoms with Crippen molar-refractivity contribution < 1.29 is 51.0 Å². The maximum absolute atomic E-state index is 6.78. The van der Waals surface area contributed by atoms with Gasteiger partial charge in [-0.15, -0.1) is 0 Å². The molecule has 0 saturated carbocycles. The minimum atomic E-state index is -1.73. The number of unbranched alkanes of at least 4 members (excludes halogenated alkanes) is 16. The van der Waals surface area contributed by atoms with Crippen molar-refractivity contribution in [1.29, 1.82) is 0 Å². The zero-order valence-electron chi connectivity index (χ0n) is 46.6. The van der Waals surface area contributed by atoms with Crippen LogP contribution in [0, 0.1) is 19.8 Å². The first kappa shape index (κ1) is 62.7. The van der Waals surface area contributed by atoms with E-state index in [1.807, 2.05) is 0 Å². The molecule has 4 nitrogen and oxygen atoms in total. The number of benzene rings is 3. The van der Waals surface area contributed by atoms with Crippen molar-refractivity contribution in [3.05, 3.63) is 100 Å². The van der Waals surface area contributed by atoms with Crippen molar-refractivity contribution in [3.8, 4) is 11.5 Å². The average Bonchev–Trinajstić information content (AvgIpc) is 3.27. The van der Waals surface area contributed by atoms with Gasteiger partial charge in [0.15, 0.2) is 16.6 Å². The molecule has 0 aliphatic carbocycles. The molecule has 0 heterocycles. The van der Waals surface area contributed by atoms with Crippen molar-refractivity contribution in [1.82, 2.24) is 0 Å². The Kier molecular flexibility index (Phi) is 31.4. The molecule has 0 amide bonds. The average molecular weight is 1050 g/mol. The second kappa shape index (κ2) is 34.1. The third-order valence-corrected chi connectivity index (χ3v) is 27.3. The van der Waals surface area contributed by atoms with Crippen molar-refractivity contribution >= 4 is 16.6 Å². The molecule has 383 valence electrons. The van der Waals surface area contributed by atoms with E-state index in [0.717, 1.165) is 56.3 Å². The molecule has 1 radical (unpaired) electrons. The Balaban J connectivity index is 0.0000159. The van der Waals surface area contributed by atoms with Crippen molar-refractivity contribution in [2.45, 2.75) is 246 Å². The van der Waals surface area contributed by atoms with Crippen LogP contribution in [0.15, 0.2) is 66.7 Å². The quantitative estimate of drug-likeness (QED) is 0.0250. The SMILES string of the molecule is Cc1ccc([C-](c2ccc(C)cc2)c2cc(OCCCCCCCCCCCO[Si](C(C)C)(C(C)C)C(C)C)cc(OCCCCCCCCCCCO[Si](C(C)C)(C(C)C)C(C)C)c2)cc1.[Y]. The van der Waals surface area contributed by atoms with E-state index >= 15 is 0 Å². The molecule has 3 aromatic carbocycles. The molecule has 0 aromatic heterocycles. The Morgan fingerprint density at radius 2 is 0.588 bits per heavy atom. The molecule has 0 unspecified atom stereocenters. The van der Waals surface area contributed by atoms with E-state index in [9.17, 15) is 0 Å². The van der Waals surface area contributed by atoms with Gasteiger partial charge >= 0.3 is 0 Å². The van der Waals surface area contributed by atoms with E-state index in [2.05, 4.69) is 164 Å². The zero-order valence-corrected chi connectivity index (χ0v) is 51.4. The molecule has 0 saturated heterocycles. The molecule has 0 aliphatic heterocycles.